The van der Waals surface area contributed by atoms with Crippen molar-refractivity contribution in [2.75, 3.05) is 0 Å². The van der Waals surface area contributed by atoms with Gasteiger partial charge in [-0.2, -0.15) is 0 Å². The van der Waals surface area contributed by atoms with Crippen LogP contribution >= 0.6 is 27.5 Å². The second-order valence-electron chi connectivity index (χ2n) is 4.95. The molecule has 0 amide bonds. The topological polar surface area (TPSA) is 29.5 Å². The Balaban J connectivity index is 1.81. The first-order valence-electron chi connectivity index (χ1n) is 6.53. The molecular formula is C16H14BrClO2. The van der Waals surface area contributed by atoms with Crippen molar-refractivity contribution in [2.24, 2.45) is 0 Å². The Hall–Kier alpha value is -1.03. The van der Waals surface area contributed by atoms with Crippen molar-refractivity contribution in [3.63, 3.8) is 0 Å². The van der Waals surface area contributed by atoms with Crippen LogP contribution in [0, 0.1) is 0 Å². The molecule has 0 radical (unpaired) electrons. The number of hydrogen-bond donors (Lipinski definition) is 1. The van der Waals surface area contributed by atoms with E-state index >= 15 is 0 Å². The van der Waals surface area contributed by atoms with Crippen molar-refractivity contribution in [3.05, 3.63) is 63.1 Å². The zero-order valence-electron chi connectivity index (χ0n) is 10.7. The van der Waals surface area contributed by atoms with Crippen molar-refractivity contribution in [1.82, 2.24) is 0 Å². The van der Waals surface area contributed by atoms with Crippen LogP contribution in [0.25, 0.3) is 0 Å². The summed E-state index contributed by atoms with van der Waals surface area (Å²) in [6.45, 7) is 0. The van der Waals surface area contributed by atoms with Crippen molar-refractivity contribution in [2.45, 2.75) is 25.0 Å². The molecule has 3 rings (SSSR count). The van der Waals surface area contributed by atoms with Crippen LogP contribution in [-0.4, -0.2) is 11.2 Å². The summed E-state index contributed by atoms with van der Waals surface area (Å²) < 4.78 is 6.54. The molecule has 0 bridgehead atoms. The van der Waals surface area contributed by atoms with Gasteiger partial charge in [0, 0.05) is 15.1 Å². The van der Waals surface area contributed by atoms with Crippen LogP contribution in [0.2, 0.25) is 5.02 Å². The highest BCUT2D eigenvalue weighted by molar-refractivity contribution is 9.10. The zero-order valence-corrected chi connectivity index (χ0v) is 13.1. The largest absolute Gasteiger partial charge is 0.490 e. The summed E-state index contributed by atoms with van der Waals surface area (Å²) in [5.74, 6) is 0.855. The first-order valence-corrected chi connectivity index (χ1v) is 7.70. The molecule has 0 heterocycles. The summed E-state index contributed by atoms with van der Waals surface area (Å²) >= 11 is 9.43. The lowest BCUT2D eigenvalue weighted by molar-refractivity contribution is 0.219. The van der Waals surface area contributed by atoms with Crippen LogP contribution < -0.4 is 4.74 Å². The third kappa shape index (κ3) is 3.17. The molecular weight excluding hydrogens is 340 g/mol. The summed E-state index contributed by atoms with van der Waals surface area (Å²) in [5.41, 5.74) is 1.57. The van der Waals surface area contributed by atoms with Gasteiger partial charge in [0.05, 0.1) is 6.10 Å². The zero-order chi connectivity index (χ0) is 14.1. The van der Waals surface area contributed by atoms with Crippen LogP contribution in [-0.2, 0) is 0 Å². The molecule has 0 spiro atoms. The molecule has 2 nitrogen and oxygen atoms in total. The Morgan fingerprint density at radius 2 is 1.85 bits per heavy atom. The minimum atomic E-state index is -0.710. The maximum atomic E-state index is 10.5. The van der Waals surface area contributed by atoms with Gasteiger partial charge in [0.15, 0.2) is 0 Å². The number of aliphatic hydroxyl groups is 1. The van der Waals surface area contributed by atoms with Crippen molar-refractivity contribution >= 4 is 27.5 Å². The number of rotatable bonds is 4. The molecule has 1 aliphatic rings. The summed E-state index contributed by atoms with van der Waals surface area (Å²) in [4.78, 5) is 0. The van der Waals surface area contributed by atoms with Gasteiger partial charge >= 0.3 is 0 Å². The van der Waals surface area contributed by atoms with E-state index in [4.69, 9.17) is 16.3 Å². The molecule has 1 unspecified atom stereocenters. The fourth-order valence-corrected chi connectivity index (χ4v) is 2.65. The maximum Gasteiger partial charge on any atom is 0.119 e. The number of aliphatic hydroxyl groups excluding tert-OH is 1. The van der Waals surface area contributed by atoms with Gasteiger partial charge in [-0.3, -0.25) is 0 Å². The van der Waals surface area contributed by atoms with Crippen molar-refractivity contribution < 1.29 is 9.84 Å². The molecule has 0 aliphatic heterocycles. The Bertz CT molecular complexity index is 608. The SMILES string of the molecule is OC(c1ccc(OC2CC2)cc1)c1cc(Cl)ccc1Br. The van der Waals surface area contributed by atoms with E-state index in [9.17, 15) is 5.11 Å². The molecule has 1 N–H and O–H groups in total. The first-order chi connectivity index (χ1) is 9.63. The monoisotopic (exact) mass is 352 g/mol. The summed E-state index contributed by atoms with van der Waals surface area (Å²) in [5, 5.41) is 11.1. The number of benzene rings is 2. The van der Waals surface area contributed by atoms with Gasteiger partial charge in [-0.1, -0.05) is 39.7 Å². The van der Waals surface area contributed by atoms with Crippen LogP contribution in [0.1, 0.15) is 30.1 Å². The maximum absolute atomic E-state index is 10.5. The lowest BCUT2D eigenvalue weighted by Crippen LogP contribution is -2.01. The van der Waals surface area contributed by atoms with Crippen molar-refractivity contribution in [1.29, 1.82) is 0 Å². The van der Waals surface area contributed by atoms with Gasteiger partial charge in [-0.25, -0.2) is 0 Å². The Labute approximate surface area is 131 Å². The molecule has 1 atom stereocenters. The normalized spacial score (nSPS) is 15.9. The third-order valence-electron chi connectivity index (χ3n) is 3.28. The van der Waals surface area contributed by atoms with Crippen molar-refractivity contribution in [3.8, 4) is 5.75 Å². The van der Waals surface area contributed by atoms with E-state index in [0.29, 0.717) is 11.1 Å². The van der Waals surface area contributed by atoms with E-state index in [0.717, 1.165) is 34.2 Å². The Morgan fingerprint density at radius 1 is 1.15 bits per heavy atom. The lowest BCUT2D eigenvalue weighted by atomic mass is 10.0. The highest BCUT2D eigenvalue weighted by Gasteiger charge is 2.23. The second-order valence-corrected chi connectivity index (χ2v) is 6.25. The number of ether oxygens (including phenoxy) is 1. The molecule has 2 aromatic carbocycles. The van der Waals surface area contributed by atoms with E-state index < -0.39 is 6.10 Å². The van der Waals surface area contributed by atoms with Crippen LogP contribution in [0.4, 0.5) is 0 Å². The van der Waals surface area contributed by atoms with E-state index in [2.05, 4.69) is 15.9 Å². The molecule has 1 aliphatic carbocycles. The molecule has 20 heavy (non-hydrogen) atoms. The van der Waals surface area contributed by atoms with E-state index in [1.165, 1.54) is 0 Å². The summed E-state index contributed by atoms with van der Waals surface area (Å²) in [7, 11) is 0. The highest BCUT2D eigenvalue weighted by atomic mass is 79.9. The first kappa shape index (κ1) is 13.9. The molecule has 1 saturated carbocycles. The predicted octanol–water partition coefficient (Wildman–Crippen LogP) is 4.73. The van der Waals surface area contributed by atoms with Gasteiger partial charge < -0.3 is 9.84 Å². The molecule has 104 valence electrons. The lowest BCUT2D eigenvalue weighted by Gasteiger charge is -2.14. The van der Waals surface area contributed by atoms with E-state index in [1.54, 1.807) is 12.1 Å². The molecule has 4 heteroatoms. The van der Waals surface area contributed by atoms with Gasteiger partial charge in [0.1, 0.15) is 11.9 Å². The minimum absolute atomic E-state index is 0.382. The third-order valence-corrected chi connectivity index (χ3v) is 4.23. The summed E-state index contributed by atoms with van der Waals surface area (Å²) in [6.07, 6.45) is 1.95. The Kier molecular flexibility index (Phi) is 4.01. The van der Waals surface area contributed by atoms with Crippen LogP contribution in [0.5, 0.6) is 5.75 Å². The van der Waals surface area contributed by atoms with E-state index in [-0.39, 0.29) is 0 Å². The fourth-order valence-electron chi connectivity index (χ4n) is 2.01. The fraction of sp³-hybridized carbons (Fsp3) is 0.250. The van der Waals surface area contributed by atoms with Crippen LogP contribution in [0.3, 0.4) is 0 Å². The predicted molar refractivity (Wildman–Crippen MR) is 83.3 cm³/mol. The molecule has 0 saturated heterocycles. The average molecular weight is 354 g/mol. The number of hydrogen-bond acceptors (Lipinski definition) is 2. The van der Waals surface area contributed by atoms with E-state index in [1.807, 2.05) is 30.3 Å². The summed E-state index contributed by atoms with van der Waals surface area (Å²) in [6, 6.07) is 13.0. The van der Waals surface area contributed by atoms with Gasteiger partial charge in [0.25, 0.3) is 0 Å². The molecule has 1 fully saturated rings. The second kappa shape index (κ2) is 5.76. The van der Waals surface area contributed by atoms with Gasteiger partial charge in [-0.15, -0.1) is 0 Å². The molecule has 2 aromatic rings. The number of halogens is 2. The van der Waals surface area contributed by atoms with Gasteiger partial charge in [-0.05, 0) is 48.7 Å². The highest BCUT2D eigenvalue weighted by Crippen LogP contribution is 2.32. The Morgan fingerprint density at radius 3 is 2.50 bits per heavy atom. The molecule has 0 aromatic heterocycles. The minimum Gasteiger partial charge on any atom is -0.490 e. The average Bonchev–Trinajstić information content (AvgIpc) is 3.26. The van der Waals surface area contributed by atoms with Crippen LogP contribution in [0.15, 0.2) is 46.9 Å². The smallest absolute Gasteiger partial charge is 0.119 e. The standard InChI is InChI=1S/C16H14BrClO2/c17-15-8-3-11(18)9-14(15)16(19)10-1-4-12(5-2-10)20-13-6-7-13/h1-5,8-9,13,16,19H,6-7H2. The quantitative estimate of drug-likeness (QED) is 0.861. The van der Waals surface area contributed by atoms with Gasteiger partial charge in [0.2, 0.25) is 0 Å².